The number of fused-ring (bicyclic) bond motifs is 1. The summed E-state index contributed by atoms with van der Waals surface area (Å²) in [6.07, 6.45) is 0. The second kappa shape index (κ2) is 4.78. The monoisotopic (exact) mass is 248 g/mol. The third kappa shape index (κ3) is 2.22. The molecule has 0 aromatic heterocycles. The number of nitrogens with one attached hydrogen (secondary N) is 1. The van der Waals surface area contributed by atoms with Gasteiger partial charge in [-0.2, -0.15) is 0 Å². The number of likely N-dealkylation sites (N-methyl/N-ethyl adjacent to an activating group) is 1. The Labute approximate surface area is 105 Å². The summed E-state index contributed by atoms with van der Waals surface area (Å²) in [7, 11) is 1.74. The minimum absolute atomic E-state index is 0.0329. The van der Waals surface area contributed by atoms with Crippen molar-refractivity contribution in [3.8, 4) is 0 Å². The van der Waals surface area contributed by atoms with Crippen LogP contribution in [0.15, 0.2) is 18.2 Å². The third-order valence-electron chi connectivity index (χ3n) is 3.29. The van der Waals surface area contributed by atoms with Gasteiger partial charge in [-0.25, -0.2) is 4.79 Å². The molecule has 2 rings (SSSR count). The van der Waals surface area contributed by atoms with Crippen LogP contribution in [0.1, 0.15) is 28.4 Å². The quantitative estimate of drug-likeness (QED) is 0.831. The molecule has 96 valence electrons. The van der Waals surface area contributed by atoms with Gasteiger partial charge in [-0.15, -0.1) is 0 Å². The lowest BCUT2D eigenvalue weighted by Crippen LogP contribution is -2.40. The number of carboxylic acids is 1. The number of carbonyl (C=O) groups is 2. The number of benzene rings is 1. The lowest BCUT2D eigenvalue weighted by molar-refractivity contribution is -0.133. The zero-order valence-electron chi connectivity index (χ0n) is 10.4. The molecule has 0 spiro atoms. The molecule has 2 N–H and O–H groups in total. The number of hydrogen-bond acceptors (Lipinski definition) is 3. The van der Waals surface area contributed by atoms with Gasteiger partial charge < -0.3 is 15.3 Å². The van der Waals surface area contributed by atoms with E-state index in [1.54, 1.807) is 30.1 Å². The molecule has 1 atom stereocenters. The Balaban J connectivity index is 2.18. The Bertz CT molecular complexity index is 499. The summed E-state index contributed by atoms with van der Waals surface area (Å²) in [5.74, 6) is -0.906. The largest absolute Gasteiger partial charge is 0.478 e. The van der Waals surface area contributed by atoms with E-state index in [1.807, 2.05) is 6.92 Å². The average Bonchev–Trinajstić information content (AvgIpc) is 2.79. The second-order valence-corrected chi connectivity index (χ2v) is 4.49. The van der Waals surface area contributed by atoms with Crippen LogP contribution >= 0.6 is 0 Å². The SMILES string of the molecule is CNC(C)C(=O)N1Cc2ccc(C(=O)O)cc2C1. The minimum Gasteiger partial charge on any atom is -0.478 e. The number of carboxylic acid groups (broad SMARTS) is 1. The van der Waals surface area contributed by atoms with E-state index in [0.29, 0.717) is 13.1 Å². The highest BCUT2D eigenvalue weighted by atomic mass is 16.4. The molecule has 0 aliphatic carbocycles. The summed E-state index contributed by atoms with van der Waals surface area (Å²) in [6.45, 7) is 2.86. The average molecular weight is 248 g/mol. The van der Waals surface area contributed by atoms with Crippen LogP contribution < -0.4 is 5.32 Å². The molecule has 0 saturated carbocycles. The Kier molecular flexibility index (Phi) is 3.34. The summed E-state index contributed by atoms with van der Waals surface area (Å²) < 4.78 is 0. The molecule has 1 unspecified atom stereocenters. The number of aromatic carboxylic acids is 1. The van der Waals surface area contributed by atoms with Gasteiger partial charge in [0.15, 0.2) is 0 Å². The Morgan fingerprint density at radius 2 is 2.00 bits per heavy atom. The van der Waals surface area contributed by atoms with Crippen LogP contribution in [0.5, 0.6) is 0 Å². The zero-order chi connectivity index (χ0) is 13.3. The molecule has 0 bridgehead atoms. The van der Waals surface area contributed by atoms with Gasteiger partial charge in [-0.3, -0.25) is 4.79 Å². The number of carbonyl (C=O) groups excluding carboxylic acids is 1. The fourth-order valence-electron chi connectivity index (χ4n) is 2.08. The van der Waals surface area contributed by atoms with E-state index < -0.39 is 5.97 Å². The van der Waals surface area contributed by atoms with E-state index in [0.717, 1.165) is 11.1 Å². The molecule has 0 saturated heterocycles. The van der Waals surface area contributed by atoms with E-state index >= 15 is 0 Å². The fraction of sp³-hybridized carbons (Fsp3) is 0.385. The maximum absolute atomic E-state index is 12.0. The van der Waals surface area contributed by atoms with Crippen molar-refractivity contribution in [1.29, 1.82) is 0 Å². The highest BCUT2D eigenvalue weighted by molar-refractivity contribution is 5.88. The molecule has 0 fully saturated rings. The topological polar surface area (TPSA) is 69.6 Å². The van der Waals surface area contributed by atoms with Crippen LogP contribution in [0, 0.1) is 0 Å². The summed E-state index contributed by atoms with van der Waals surface area (Å²) in [4.78, 5) is 24.6. The number of nitrogens with zero attached hydrogens (tertiary/aromatic N) is 1. The molecular formula is C13H16N2O3. The van der Waals surface area contributed by atoms with Gasteiger partial charge in [0.25, 0.3) is 0 Å². The summed E-state index contributed by atoms with van der Waals surface area (Å²) >= 11 is 0. The number of amides is 1. The summed E-state index contributed by atoms with van der Waals surface area (Å²) in [5, 5.41) is 11.8. The van der Waals surface area contributed by atoms with E-state index in [9.17, 15) is 9.59 Å². The van der Waals surface area contributed by atoms with Crippen molar-refractivity contribution in [1.82, 2.24) is 10.2 Å². The molecular weight excluding hydrogens is 232 g/mol. The first kappa shape index (κ1) is 12.6. The number of rotatable bonds is 3. The van der Waals surface area contributed by atoms with Gasteiger partial charge >= 0.3 is 5.97 Å². The predicted octanol–water partition coefficient (Wildman–Crippen LogP) is 0.835. The van der Waals surface area contributed by atoms with Crippen molar-refractivity contribution in [2.24, 2.45) is 0 Å². The molecule has 1 heterocycles. The van der Waals surface area contributed by atoms with Crippen LogP contribution in [-0.4, -0.2) is 35.0 Å². The first-order chi connectivity index (χ1) is 8.52. The van der Waals surface area contributed by atoms with Gasteiger partial charge in [-0.1, -0.05) is 6.07 Å². The molecule has 5 heteroatoms. The molecule has 1 amide bonds. The third-order valence-corrected chi connectivity index (χ3v) is 3.29. The molecule has 1 aromatic carbocycles. The first-order valence-electron chi connectivity index (χ1n) is 5.84. The van der Waals surface area contributed by atoms with Gasteiger partial charge in [-0.05, 0) is 37.2 Å². The summed E-state index contributed by atoms with van der Waals surface area (Å²) in [5.41, 5.74) is 2.22. The van der Waals surface area contributed by atoms with Crippen molar-refractivity contribution in [3.05, 3.63) is 34.9 Å². The predicted molar refractivity (Wildman–Crippen MR) is 66.2 cm³/mol. The molecule has 1 aromatic rings. The number of hydrogen-bond donors (Lipinski definition) is 2. The van der Waals surface area contributed by atoms with Crippen LogP contribution in [0.25, 0.3) is 0 Å². The van der Waals surface area contributed by atoms with Crippen molar-refractivity contribution in [2.45, 2.75) is 26.1 Å². The van der Waals surface area contributed by atoms with Crippen LogP contribution in [0.4, 0.5) is 0 Å². The molecule has 18 heavy (non-hydrogen) atoms. The maximum Gasteiger partial charge on any atom is 0.335 e. The lowest BCUT2D eigenvalue weighted by atomic mass is 10.1. The Morgan fingerprint density at radius 3 is 2.61 bits per heavy atom. The van der Waals surface area contributed by atoms with E-state index in [1.165, 1.54) is 0 Å². The van der Waals surface area contributed by atoms with Gasteiger partial charge in [0.05, 0.1) is 11.6 Å². The van der Waals surface area contributed by atoms with Crippen molar-refractivity contribution in [2.75, 3.05) is 7.05 Å². The smallest absolute Gasteiger partial charge is 0.335 e. The minimum atomic E-state index is -0.939. The van der Waals surface area contributed by atoms with Crippen molar-refractivity contribution in [3.63, 3.8) is 0 Å². The highest BCUT2D eigenvalue weighted by Gasteiger charge is 2.26. The van der Waals surface area contributed by atoms with E-state index in [2.05, 4.69) is 5.32 Å². The summed E-state index contributed by atoms with van der Waals surface area (Å²) in [6, 6.07) is 4.79. The first-order valence-corrected chi connectivity index (χ1v) is 5.84. The Hall–Kier alpha value is -1.88. The van der Waals surface area contributed by atoms with E-state index in [4.69, 9.17) is 5.11 Å². The van der Waals surface area contributed by atoms with Gasteiger partial charge in [0.2, 0.25) is 5.91 Å². The van der Waals surface area contributed by atoms with Gasteiger partial charge in [0, 0.05) is 13.1 Å². The fourth-order valence-corrected chi connectivity index (χ4v) is 2.08. The van der Waals surface area contributed by atoms with Crippen LogP contribution in [0.3, 0.4) is 0 Å². The van der Waals surface area contributed by atoms with Crippen molar-refractivity contribution >= 4 is 11.9 Å². The second-order valence-electron chi connectivity index (χ2n) is 4.49. The standard InChI is InChI=1S/C13H16N2O3/c1-8(14-2)12(16)15-6-10-4-3-9(13(17)18)5-11(10)7-15/h3-5,8,14H,6-7H2,1-2H3,(H,17,18). The maximum atomic E-state index is 12.0. The molecule has 1 aliphatic heterocycles. The molecule has 5 nitrogen and oxygen atoms in total. The highest BCUT2D eigenvalue weighted by Crippen LogP contribution is 2.24. The normalized spacial score (nSPS) is 15.3. The molecule has 1 aliphatic rings. The van der Waals surface area contributed by atoms with Crippen LogP contribution in [0.2, 0.25) is 0 Å². The zero-order valence-corrected chi connectivity index (χ0v) is 10.4. The van der Waals surface area contributed by atoms with E-state index in [-0.39, 0.29) is 17.5 Å². The Morgan fingerprint density at radius 1 is 1.33 bits per heavy atom. The molecule has 0 radical (unpaired) electrons. The van der Waals surface area contributed by atoms with Crippen molar-refractivity contribution < 1.29 is 14.7 Å². The van der Waals surface area contributed by atoms with Crippen LogP contribution in [-0.2, 0) is 17.9 Å². The van der Waals surface area contributed by atoms with Gasteiger partial charge in [0.1, 0.15) is 0 Å². The lowest BCUT2D eigenvalue weighted by Gasteiger charge is -2.19.